The van der Waals surface area contributed by atoms with Crippen molar-refractivity contribution in [3.8, 4) is 0 Å². The Morgan fingerprint density at radius 3 is 2.50 bits per heavy atom. The van der Waals surface area contributed by atoms with Crippen LogP contribution in [0.4, 0.5) is 5.69 Å². The third-order valence-electron chi connectivity index (χ3n) is 4.04. The molecule has 1 atom stereocenters. The van der Waals surface area contributed by atoms with Crippen LogP contribution in [0, 0.1) is 17.0 Å². The number of carbonyl (C=O) groups is 1. The van der Waals surface area contributed by atoms with E-state index < -0.39 is 4.92 Å². The second-order valence-corrected chi connectivity index (χ2v) is 5.61. The summed E-state index contributed by atoms with van der Waals surface area (Å²) in [5.41, 5.74) is 1.76. The summed E-state index contributed by atoms with van der Waals surface area (Å²) >= 11 is 0. The second-order valence-electron chi connectivity index (χ2n) is 5.61. The topological polar surface area (TPSA) is 83.7 Å². The fourth-order valence-corrected chi connectivity index (χ4v) is 2.67. The Balaban J connectivity index is 2.36. The summed E-state index contributed by atoms with van der Waals surface area (Å²) in [5, 5.41) is 20.3. The second kappa shape index (κ2) is 7.70. The first-order valence-electron chi connectivity index (χ1n) is 7.63. The van der Waals surface area contributed by atoms with Gasteiger partial charge in [0.25, 0.3) is 11.6 Å². The molecule has 0 fully saturated rings. The maximum Gasteiger partial charge on any atom is 0.270 e. The molecular formula is C18H20N2O4. The van der Waals surface area contributed by atoms with Crippen LogP contribution >= 0.6 is 0 Å². The Hall–Kier alpha value is -2.73. The molecular weight excluding hydrogens is 308 g/mol. The fraction of sp³-hybridized carbons (Fsp3) is 0.278. The molecule has 2 aromatic carbocycles. The highest BCUT2D eigenvalue weighted by atomic mass is 16.6. The van der Waals surface area contributed by atoms with Crippen LogP contribution in [0.1, 0.15) is 33.9 Å². The molecule has 0 saturated carbocycles. The first-order valence-corrected chi connectivity index (χ1v) is 7.63. The van der Waals surface area contributed by atoms with Gasteiger partial charge in [-0.3, -0.25) is 14.9 Å². The molecule has 0 bridgehead atoms. The summed E-state index contributed by atoms with van der Waals surface area (Å²) in [6, 6.07) is 13.4. The zero-order chi connectivity index (χ0) is 17.7. The zero-order valence-electron chi connectivity index (χ0n) is 13.7. The van der Waals surface area contributed by atoms with Gasteiger partial charge in [0.1, 0.15) is 0 Å². The van der Waals surface area contributed by atoms with Crippen molar-refractivity contribution in [3.63, 3.8) is 0 Å². The van der Waals surface area contributed by atoms with Gasteiger partial charge in [-0.2, -0.15) is 0 Å². The summed E-state index contributed by atoms with van der Waals surface area (Å²) < 4.78 is 0. The third kappa shape index (κ3) is 3.78. The number of hydrogen-bond acceptors (Lipinski definition) is 4. The van der Waals surface area contributed by atoms with Gasteiger partial charge in [-0.15, -0.1) is 0 Å². The molecule has 2 rings (SSSR count). The van der Waals surface area contributed by atoms with E-state index >= 15 is 0 Å². The predicted octanol–water partition coefficient (Wildman–Crippen LogP) is 3.10. The van der Waals surface area contributed by atoms with Crippen molar-refractivity contribution >= 4 is 11.6 Å². The largest absolute Gasteiger partial charge is 0.396 e. The number of benzene rings is 2. The molecule has 0 radical (unpaired) electrons. The average Bonchev–Trinajstić information content (AvgIpc) is 2.59. The maximum absolute atomic E-state index is 12.9. The van der Waals surface area contributed by atoms with Crippen LogP contribution in [-0.2, 0) is 0 Å². The van der Waals surface area contributed by atoms with Crippen LogP contribution in [-0.4, -0.2) is 34.5 Å². The highest BCUT2D eigenvalue weighted by molar-refractivity contribution is 5.96. The number of aryl methyl sites for hydroxylation is 1. The average molecular weight is 328 g/mol. The number of nitro groups is 1. The lowest BCUT2D eigenvalue weighted by Gasteiger charge is -2.28. The number of aliphatic hydroxyl groups is 1. The number of hydrogen-bond donors (Lipinski definition) is 1. The molecule has 1 unspecified atom stereocenters. The zero-order valence-corrected chi connectivity index (χ0v) is 13.7. The third-order valence-corrected chi connectivity index (χ3v) is 4.04. The summed E-state index contributed by atoms with van der Waals surface area (Å²) in [6.45, 7) is 1.68. The molecule has 6 nitrogen and oxygen atoms in total. The van der Waals surface area contributed by atoms with Crippen LogP contribution in [0.15, 0.2) is 48.5 Å². The Bertz CT molecular complexity index is 731. The highest BCUT2D eigenvalue weighted by Gasteiger charge is 2.24. The molecule has 0 heterocycles. The van der Waals surface area contributed by atoms with E-state index in [9.17, 15) is 20.0 Å². The lowest BCUT2D eigenvalue weighted by Crippen LogP contribution is -2.32. The molecule has 0 aliphatic heterocycles. The van der Waals surface area contributed by atoms with Gasteiger partial charge >= 0.3 is 0 Å². The predicted molar refractivity (Wildman–Crippen MR) is 90.8 cm³/mol. The van der Waals surface area contributed by atoms with Crippen molar-refractivity contribution < 1.29 is 14.8 Å². The van der Waals surface area contributed by atoms with Crippen molar-refractivity contribution in [1.29, 1.82) is 0 Å². The summed E-state index contributed by atoms with van der Waals surface area (Å²) in [6.07, 6.45) is 0.389. The van der Waals surface area contributed by atoms with Crippen LogP contribution in [0.2, 0.25) is 0 Å². The van der Waals surface area contributed by atoms with Crippen molar-refractivity contribution in [1.82, 2.24) is 4.90 Å². The Morgan fingerprint density at radius 1 is 1.25 bits per heavy atom. The van der Waals surface area contributed by atoms with E-state index in [0.29, 0.717) is 17.5 Å². The highest BCUT2D eigenvalue weighted by Crippen LogP contribution is 2.26. The van der Waals surface area contributed by atoms with E-state index in [-0.39, 0.29) is 24.2 Å². The molecule has 126 valence electrons. The molecule has 2 aromatic rings. The number of carbonyl (C=O) groups excluding carboxylic acids is 1. The molecule has 6 heteroatoms. The van der Waals surface area contributed by atoms with Gasteiger partial charge in [-0.1, -0.05) is 36.4 Å². The van der Waals surface area contributed by atoms with E-state index in [4.69, 9.17) is 0 Å². The minimum Gasteiger partial charge on any atom is -0.396 e. The molecule has 1 amide bonds. The molecule has 0 saturated heterocycles. The molecule has 0 spiro atoms. The van der Waals surface area contributed by atoms with Crippen molar-refractivity contribution in [2.45, 2.75) is 19.4 Å². The summed E-state index contributed by atoms with van der Waals surface area (Å²) in [7, 11) is 1.65. The number of nitro benzene ring substituents is 1. The lowest BCUT2D eigenvalue weighted by atomic mass is 10.0. The summed E-state index contributed by atoms with van der Waals surface area (Å²) in [5.74, 6) is -0.307. The van der Waals surface area contributed by atoms with E-state index in [1.165, 1.54) is 17.0 Å². The van der Waals surface area contributed by atoms with Gasteiger partial charge < -0.3 is 10.0 Å². The molecule has 0 aliphatic rings. The lowest BCUT2D eigenvalue weighted by molar-refractivity contribution is -0.384. The van der Waals surface area contributed by atoms with Crippen LogP contribution in [0.5, 0.6) is 0 Å². The van der Waals surface area contributed by atoms with Crippen molar-refractivity contribution in [2.75, 3.05) is 13.7 Å². The van der Waals surface area contributed by atoms with Crippen molar-refractivity contribution in [2.24, 2.45) is 0 Å². The molecule has 24 heavy (non-hydrogen) atoms. The van der Waals surface area contributed by atoms with Gasteiger partial charge in [0.05, 0.1) is 11.0 Å². The fourth-order valence-electron chi connectivity index (χ4n) is 2.67. The van der Waals surface area contributed by atoms with Gasteiger partial charge in [0.2, 0.25) is 0 Å². The van der Waals surface area contributed by atoms with Gasteiger partial charge in [-0.25, -0.2) is 0 Å². The number of amides is 1. The first kappa shape index (κ1) is 17.6. The Kier molecular flexibility index (Phi) is 5.65. The smallest absolute Gasteiger partial charge is 0.270 e. The maximum atomic E-state index is 12.9. The van der Waals surface area contributed by atoms with Crippen LogP contribution < -0.4 is 0 Å². The van der Waals surface area contributed by atoms with Crippen LogP contribution in [0.3, 0.4) is 0 Å². The van der Waals surface area contributed by atoms with Crippen molar-refractivity contribution in [3.05, 3.63) is 75.3 Å². The molecule has 0 aromatic heterocycles. The number of nitrogens with zero attached hydrogens (tertiary/aromatic N) is 2. The minimum absolute atomic E-state index is 0.0644. The van der Waals surface area contributed by atoms with Gasteiger partial charge in [-0.05, 0) is 24.5 Å². The molecule has 1 N–H and O–H groups in total. The minimum atomic E-state index is -0.515. The molecule has 0 aliphatic carbocycles. The Labute approximate surface area is 140 Å². The number of rotatable bonds is 6. The normalized spacial score (nSPS) is 11.8. The Morgan fingerprint density at radius 2 is 1.92 bits per heavy atom. The SMILES string of the molecule is Cc1ccc([N+](=O)[O-])cc1C(=O)N(C)C(CCO)c1ccccc1. The van der Waals surface area contributed by atoms with Gasteiger partial charge in [0.15, 0.2) is 0 Å². The van der Waals surface area contributed by atoms with E-state index in [2.05, 4.69) is 0 Å². The number of non-ortho nitro benzene ring substituents is 1. The van der Waals surface area contributed by atoms with Crippen LogP contribution in [0.25, 0.3) is 0 Å². The van der Waals surface area contributed by atoms with E-state index in [0.717, 1.165) is 5.56 Å². The first-order chi connectivity index (χ1) is 11.5. The van der Waals surface area contributed by atoms with E-state index in [1.54, 1.807) is 20.0 Å². The summed E-state index contributed by atoms with van der Waals surface area (Å²) in [4.78, 5) is 24.8. The monoisotopic (exact) mass is 328 g/mol. The standard InChI is InChI=1S/C18H20N2O4/c1-13-8-9-15(20(23)24)12-16(13)18(22)19(2)17(10-11-21)14-6-4-3-5-7-14/h3-9,12,17,21H,10-11H2,1-2H3. The number of aliphatic hydroxyl groups excluding tert-OH is 1. The van der Waals surface area contributed by atoms with Gasteiger partial charge in [0, 0.05) is 31.4 Å². The van der Waals surface area contributed by atoms with E-state index in [1.807, 2.05) is 30.3 Å². The quantitative estimate of drug-likeness (QED) is 0.652.